The summed E-state index contributed by atoms with van der Waals surface area (Å²) in [6.07, 6.45) is 0. The molecule has 23 heavy (non-hydrogen) atoms. The zero-order valence-electron chi connectivity index (χ0n) is 13.4. The number of rotatable bonds is 5. The summed E-state index contributed by atoms with van der Waals surface area (Å²) in [6, 6.07) is 7.00. The predicted octanol–water partition coefficient (Wildman–Crippen LogP) is 1.39. The van der Waals surface area contributed by atoms with Crippen molar-refractivity contribution in [2.24, 2.45) is 0 Å². The van der Waals surface area contributed by atoms with Crippen LogP contribution in [0.5, 0.6) is 0 Å². The molecule has 0 bridgehead atoms. The van der Waals surface area contributed by atoms with Crippen LogP contribution in [0, 0.1) is 0 Å². The third-order valence-corrected chi connectivity index (χ3v) is 4.44. The maximum atomic E-state index is 12.3. The average Bonchev–Trinajstić information content (AvgIpc) is 2.54. The highest BCUT2D eigenvalue weighted by Crippen LogP contribution is 2.20. The van der Waals surface area contributed by atoms with Gasteiger partial charge < -0.3 is 14.9 Å². The summed E-state index contributed by atoms with van der Waals surface area (Å²) in [5.74, 6) is -0.961. The van der Waals surface area contributed by atoms with Gasteiger partial charge in [-0.25, -0.2) is 0 Å². The number of carbonyl (C=O) groups excluding carboxylic acids is 1. The van der Waals surface area contributed by atoms with E-state index in [-0.39, 0.29) is 12.5 Å². The Morgan fingerprint density at radius 2 is 1.96 bits per heavy atom. The van der Waals surface area contributed by atoms with E-state index in [4.69, 9.17) is 16.7 Å². The van der Waals surface area contributed by atoms with Crippen molar-refractivity contribution in [3.63, 3.8) is 0 Å². The Labute approximate surface area is 141 Å². The Bertz CT molecular complexity index is 573. The molecule has 1 saturated heterocycles. The largest absolute Gasteiger partial charge is 0.480 e. The van der Waals surface area contributed by atoms with Crippen LogP contribution in [0.2, 0.25) is 5.02 Å². The van der Waals surface area contributed by atoms with Gasteiger partial charge in [0.2, 0.25) is 5.91 Å². The molecule has 0 saturated carbocycles. The maximum Gasteiger partial charge on any atom is 0.320 e. The number of halogens is 1. The normalized spacial score (nSPS) is 16.5. The number of aliphatic carboxylic acids is 1. The number of carboxylic acid groups (broad SMARTS) is 1. The molecular formula is C16H22ClN3O3. The fourth-order valence-electron chi connectivity index (χ4n) is 2.53. The van der Waals surface area contributed by atoms with E-state index in [0.29, 0.717) is 18.1 Å². The van der Waals surface area contributed by atoms with Crippen LogP contribution in [0.1, 0.15) is 6.92 Å². The van der Waals surface area contributed by atoms with Crippen molar-refractivity contribution in [2.45, 2.75) is 13.0 Å². The van der Waals surface area contributed by atoms with Crippen molar-refractivity contribution in [2.75, 3.05) is 44.7 Å². The molecule has 1 fully saturated rings. The van der Waals surface area contributed by atoms with Gasteiger partial charge in [-0.1, -0.05) is 17.7 Å². The molecule has 1 amide bonds. The van der Waals surface area contributed by atoms with Crippen LogP contribution in [0.4, 0.5) is 5.69 Å². The van der Waals surface area contributed by atoms with E-state index in [9.17, 15) is 9.59 Å². The van der Waals surface area contributed by atoms with Crippen molar-refractivity contribution < 1.29 is 14.7 Å². The standard InChI is InChI=1S/C16H22ClN3O3/c1-12(16(22)23)18(2)11-15(21)20-8-6-19(7-9-20)14-5-3-4-13(17)10-14/h3-5,10,12H,6-9,11H2,1-2H3,(H,22,23). The second kappa shape index (κ2) is 7.66. The quantitative estimate of drug-likeness (QED) is 0.878. The fraction of sp³-hybridized carbons (Fsp3) is 0.500. The second-order valence-corrected chi connectivity index (χ2v) is 6.21. The van der Waals surface area contributed by atoms with Crippen LogP contribution in [-0.4, -0.2) is 72.6 Å². The lowest BCUT2D eigenvalue weighted by Crippen LogP contribution is -2.52. The molecule has 1 aliphatic rings. The summed E-state index contributed by atoms with van der Waals surface area (Å²) < 4.78 is 0. The average molecular weight is 340 g/mol. The number of benzene rings is 1. The Kier molecular flexibility index (Phi) is 5.85. The smallest absolute Gasteiger partial charge is 0.320 e. The molecule has 7 heteroatoms. The Balaban J connectivity index is 1.86. The number of anilines is 1. The van der Waals surface area contributed by atoms with Gasteiger partial charge in [0.05, 0.1) is 6.54 Å². The molecule has 2 rings (SSSR count). The van der Waals surface area contributed by atoms with Crippen LogP contribution >= 0.6 is 11.6 Å². The molecular weight excluding hydrogens is 318 g/mol. The van der Waals surface area contributed by atoms with E-state index in [2.05, 4.69) is 4.90 Å². The molecule has 126 valence electrons. The van der Waals surface area contributed by atoms with Gasteiger partial charge in [0.25, 0.3) is 0 Å². The zero-order chi connectivity index (χ0) is 17.0. The molecule has 0 radical (unpaired) electrons. The first-order valence-corrected chi connectivity index (χ1v) is 7.97. The number of hydrogen-bond acceptors (Lipinski definition) is 4. The van der Waals surface area contributed by atoms with E-state index in [1.807, 2.05) is 24.3 Å². The van der Waals surface area contributed by atoms with Gasteiger partial charge >= 0.3 is 5.97 Å². The second-order valence-electron chi connectivity index (χ2n) is 5.78. The van der Waals surface area contributed by atoms with Gasteiger partial charge in [-0.3, -0.25) is 14.5 Å². The van der Waals surface area contributed by atoms with Gasteiger partial charge in [-0.2, -0.15) is 0 Å². The number of piperazine rings is 1. The summed E-state index contributed by atoms with van der Waals surface area (Å²) in [4.78, 5) is 28.8. The fourth-order valence-corrected chi connectivity index (χ4v) is 2.71. The minimum Gasteiger partial charge on any atom is -0.480 e. The van der Waals surface area contributed by atoms with Crippen LogP contribution in [0.15, 0.2) is 24.3 Å². The van der Waals surface area contributed by atoms with Gasteiger partial charge in [-0.05, 0) is 32.2 Å². The first-order valence-electron chi connectivity index (χ1n) is 7.60. The molecule has 1 atom stereocenters. The molecule has 1 unspecified atom stereocenters. The summed E-state index contributed by atoms with van der Waals surface area (Å²) in [7, 11) is 1.65. The highest BCUT2D eigenvalue weighted by molar-refractivity contribution is 6.30. The number of likely N-dealkylation sites (N-methyl/N-ethyl adjacent to an activating group) is 1. The van der Waals surface area contributed by atoms with Crippen LogP contribution in [-0.2, 0) is 9.59 Å². The van der Waals surface area contributed by atoms with Crippen LogP contribution < -0.4 is 4.90 Å². The number of amides is 1. The summed E-state index contributed by atoms with van der Waals surface area (Å²) in [5, 5.41) is 9.67. The molecule has 1 aromatic rings. The molecule has 6 nitrogen and oxygen atoms in total. The Morgan fingerprint density at radius 1 is 1.30 bits per heavy atom. The van der Waals surface area contributed by atoms with Crippen LogP contribution in [0.25, 0.3) is 0 Å². The molecule has 1 aliphatic heterocycles. The SMILES string of the molecule is CC(C(=O)O)N(C)CC(=O)N1CCN(c2cccc(Cl)c2)CC1. The van der Waals surface area contributed by atoms with Crippen molar-refractivity contribution in [1.29, 1.82) is 0 Å². The Hall–Kier alpha value is -1.79. The van der Waals surface area contributed by atoms with Gasteiger partial charge in [-0.15, -0.1) is 0 Å². The molecule has 1 aromatic carbocycles. The third kappa shape index (κ3) is 4.59. The lowest BCUT2D eigenvalue weighted by molar-refractivity contribution is -0.143. The van der Waals surface area contributed by atoms with E-state index in [1.54, 1.807) is 23.8 Å². The monoisotopic (exact) mass is 339 g/mol. The van der Waals surface area contributed by atoms with E-state index in [1.165, 1.54) is 0 Å². The first-order chi connectivity index (χ1) is 10.9. The van der Waals surface area contributed by atoms with E-state index >= 15 is 0 Å². The van der Waals surface area contributed by atoms with Crippen LogP contribution in [0.3, 0.4) is 0 Å². The maximum absolute atomic E-state index is 12.3. The predicted molar refractivity (Wildman–Crippen MR) is 90.0 cm³/mol. The van der Waals surface area contributed by atoms with Crippen molar-refractivity contribution in [3.05, 3.63) is 29.3 Å². The Morgan fingerprint density at radius 3 is 2.52 bits per heavy atom. The van der Waals surface area contributed by atoms with Gasteiger partial charge in [0.15, 0.2) is 0 Å². The zero-order valence-corrected chi connectivity index (χ0v) is 14.2. The third-order valence-electron chi connectivity index (χ3n) is 4.21. The number of nitrogens with zero attached hydrogens (tertiary/aromatic N) is 3. The summed E-state index contributed by atoms with van der Waals surface area (Å²) >= 11 is 6.01. The topological polar surface area (TPSA) is 64.1 Å². The summed E-state index contributed by atoms with van der Waals surface area (Å²) in [6.45, 7) is 4.42. The van der Waals surface area contributed by atoms with E-state index < -0.39 is 12.0 Å². The number of hydrogen-bond donors (Lipinski definition) is 1. The highest BCUT2D eigenvalue weighted by Gasteiger charge is 2.25. The molecule has 1 N–H and O–H groups in total. The summed E-state index contributed by atoms with van der Waals surface area (Å²) in [5.41, 5.74) is 1.06. The number of carbonyl (C=O) groups is 2. The van der Waals surface area contributed by atoms with Gasteiger partial charge in [0, 0.05) is 36.9 Å². The molecule has 0 aromatic heterocycles. The minimum atomic E-state index is -0.925. The van der Waals surface area contributed by atoms with Gasteiger partial charge in [0.1, 0.15) is 6.04 Å². The highest BCUT2D eigenvalue weighted by atomic mass is 35.5. The lowest BCUT2D eigenvalue weighted by atomic mass is 10.2. The molecule has 0 spiro atoms. The first kappa shape index (κ1) is 17.6. The minimum absolute atomic E-state index is 0.0358. The molecule has 1 heterocycles. The number of carboxylic acids is 1. The van der Waals surface area contributed by atoms with Crippen molar-refractivity contribution >= 4 is 29.2 Å². The van der Waals surface area contributed by atoms with E-state index in [0.717, 1.165) is 18.8 Å². The molecule has 0 aliphatic carbocycles. The van der Waals surface area contributed by atoms with Crippen molar-refractivity contribution in [1.82, 2.24) is 9.80 Å². The lowest BCUT2D eigenvalue weighted by Gasteiger charge is -2.37. The van der Waals surface area contributed by atoms with Crippen molar-refractivity contribution in [3.8, 4) is 0 Å².